The van der Waals surface area contributed by atoms with Gasteiger partial charge in [-0.15, -0.1) is 0 Å². The second-order valence-corrected chi connectivity index (χ2v) is 6.29. The van der Waals surface area contributed by atoms with E-state index in [1.807, 2.05) is 0 Å². The van der Waals surface area contributed by atoms with Crippen LogP contribution in [0.3, 0.4) is 0 Å². The SMILES string of the molecule is CC[C@]12O[C@@H](C3C=C(C)C(=O)NC3=O)[C@H](N[C@@H]1C)[C@@H]2C. The number of fused-ring (bicyclic) bond motifs is 2. The first-order chi connectivity index (χ1) is 9.40. The van der Waals surface area contributed by atoms with E-state index in [1.165, 1.54) is 0 Å². The molecule has 0 radical (unpaired) electrons. The number of hydrogen-bond acceptors (Lipinski definition) is 4. The summed E-state index contributed by atoms with van der Waals surface area (Å²) in [7, 11) is 0. The summed E-state index contributed by atoms with van der Waals surface area (Å²) in [4.78, 5) is 23.6. The van der Waals surface area contributed by atoms with Gasteiger partial charge >= 0.3 is 0 Å². The summed E-state index contributed by atoms with van der Waals surface area (Å²) >= 11 is 0. The first-order valence-corrected chi connectivity index (χ1v) is 7.38. The topological polar surface area (TPSA) is 67.4 Å². The van der Waals surface area contributed by atoms with E-state index in [2.05, 4.69) is 31.4 Å². The Balaban J connectivity index is 1.91. The van der Waals surface area contributed by atoms with Crippen LogP contribution < -0.4 is 10.6 Å². The second-order valence-electron chi connectivity index (χ2n) is 6.29. The number of hydrogen-bond donors (Lipinski definition) is 2. The molecule has 1 unspecified atom stereocenters. The van der Waals surface area contributed by atoms with Crippen molar-refractivity contribution < 1.29 is 14.3 Å². The summed E-state index contributed by atoms with van der Waals surface area (Å²) in [6.45, 7) is 8.19. The number of amides is 2. The number of ether oxygens (including phenoxy) is 1. The lowest BCUT2D eigenvalue weighted by molar-refractivity contribution is -0.142. The van der Waals surface area contributed by atoms with E-state index in [9.17, 15) is 9.59 Å². The average Bonchev–Trinajstić information content (AvgIpc) is 2.81. The van der Waals surface area contributed by atoms with Crippen molar-refractivity contribution >= 4 is 11.8 Å². The van der Waals surface area contributed by atoms with Crippen molar-refractivity contribution in [3.05, 3.63) is 11.6 Å². The van der Waals surface area contributed by atoms with Crippen LogP contribution in [0, 0.1) is 11.8 Å². The molecule has 2 fully saturated rings. The number of rotatable bonds is 2. The van der Waals surface area contributed by atoms with E-state index >= 15 is 0 Å². The summed E-state index contributed by atoms with van der Waals surface area (Å²) in [6.07, 6.45) is 2.49. The molecular weight excluding hydrogens is 256 g/mol. The van der Waals surface area contributed by atoms with E-state index in [-0.39, 0.29) is 35.5 Å². The molecule has 6 atom stereocenters. The minimum atomic E-state index is -0.381. The van der Waals surface area contributed by atoms with Crippen LogP contribution in [-0.2, 0) is 14.3 Å². The molecule has 2 amide bonds. The molecule has 0 aromatic heterocycles. The third-order valence-corrected chi connectivity index (χ3v) is 5.43. The van der Waals surface area contributed by atoms with E-state index in [0.29, 0.717) is 17.5 Å². The van der Waals surface area contributed by atoms with Crippen LogP contribution >= 0.6 is 0 Å². The lowest BCUT2D eigenvalue weighted by Crippen LogP contribution is -2.56. The van der Waals surface area contributed by atoms with Crippen molar-refractivity contribution in [2.24, 2.45) is 11.8 Å². The lowest BCUT2D eigenvalue weighted by Gasteiger charge is -2.39. The first kappa shape index (κ1) is 13.8. The Labute approximate surface area is 119 Å². The molecule has 3 aliphatic heterocycles. The molecule has 2 bridgehead atoms. The largest absolute Gasteiger partial charge is 0.367 e. The molecule has 2 saturated heterocycles. The molecule has 0 aromatic rings. The van der Waals surface area contributed by atoms with Crippen LogP contribution in [0.15, 0.2) is 11.6 Å². The normalized spacial score (nSPS) is 47.4. The number of nitrogens with one attached hydrogen (secondary N) is 2. The number of carbonyl (C=O) groups is 2. The van der Waals surface area contributed by atoms with Gasteiger partial charge in [0.1, 0.15) is 0 Å². The molecule has 5 nitrogen and oxygen atoms in total. The molecule has 0 saturated carbocycles. The smallest absolute Gasteiger partial charge is 0.253 e. The van der Waals surface area contributed by atoms with Gasteiger partial charge in [-0.3, -0.25) is 14.9 Å². The Morgan fingerprint density at radius 2 is 2.05 bits per heavy atom. The van der Waals surface area contributed by atoms with E-state index in [4.69, 9.17) is 4.74 Å². The fraction of sp³-hybridized carbons (Fsp3) is 0.733. The van der Waals surface area contributed by atoms with Crippen LogP contribution in [-0.4, -0.2) is 35.6 Å². The fourth-order valence-corrected chi connectivity index (χ4v) is 4.15. The monoisotopic (exact) mass is 278 g/mol. The van der Waals surface area contributed by atoms with E-state index in [1.54, 1.807) is 13.0 Å². The summed E-state index contributed by atoms with van der Waals surface area (Å²) in [6, 6.07) is 0.458. The van der Waals surface area contributed by atoms with Crippen LogP contribution in [0.1, 0.15) is 34.1 Å². The maximum absolute atomic E-state index is 12.1. The van der Waals surface area contributed by atoms with Crippen molar-refractivity contribution in [3.8, 4) is 0 Å². The highest BCUT2D eigenvalue weighted by atomic mass is 16.5. The minimum Gasteiger partial charge on any atom is -0.367 e. The van der Waals surface area contributed by atoms with Gasteiger partial charge in [0.2, 0.25) is 5.91 Å². The molecule has 2 N–H and O–H groups in total. The zero-order chi connectivity index (χ0) is 14.7. The standard InChI is InChI=1S/C15H22N2O3/c1-5-15-8(3)11(16-9(15)4)12(20-15)10-6-7(2)13(18)17-14(10)19/h6,8-12,16H,5H2,1-4H3,(H,17,18,19)/t8-,9+,10?,11+,12-,15+/m0/s1. The fourth-order valence-electron chi connectivity index (χ4n) is 4.15. The van der Waals surface area contributed by atoms with Gasteiger partial charge in [0, 0.05) is 23.6 Å². The zero-order valence-corrected chi connectivity index (χ0v) is 12.4. The Hall–Kier alpha value is -1.20. The highest BCUT2D eigenvalue weighted by Gasteiger charge is 2.62. The molecule has 0 spiro atoms. The molecule has 110 valence electrons. The van der Waals surface area contributed by atoms with Crippen molar-refractivity contribution in [1.29, 1.82) is 0 Å². The van der Waals surface area contributed by atoms with Crippen molar-refractivity contribution in [2.75, 3.05) is 0 Å². The molecule has 3 heterocycles. The second kappa shape index (κ2) is 4.40. The summed E-state index contributed by atoms with van der Waals surface area (Å²) in [5.41, 5.74) is 0.394. The highest BCUT2D eigenvalue weighted by molar-refractivity contribution is 6.08. The molecule has 3 aliphatic rings. The summed E-state index contributed by atoms with van der Waals surface area (Å²) in [5, 5.41) is 5.99. The van der Waals surface area contributed by atoms with Gasteiger partial charge in [0.25, 0.3) is 5.91 Å². The van der Waals surface area contributed by atoms with Gasteiger partial charge < -0.3 is 10.1 Å². The Bertz CT molecular complexity index is 501. The predicted octanol–water partition coefficient (Wildman–Crippen LogP) is 0.749. The molecular formula is C15H22N2O3. The summed E-state index contributed by atoms with van der Waals surface area (Å²) < 4.78 is 6.34. The number of carbonyl (C=O) groups excluding carboxylic acids is 2. The zero-order valence-electron chi connectivity index (χ0n) is 12.4. The van der Waals surface area contributed by atoms with Crippen LogP contribution in [0.4, 0.5) is 0 Å². The maximum atomic E-state index is 12.1. The highest BCUT2D eigenvalue weighted by Crippen LogP contribution is 2.49. The number of morpholine rings is 1. The van der Waals surface area contributed by atoms with Crippen molar-refractivity contribution in [2.45, 2.75) is 57.9 Å². The van der Waals surface area contributed by atoms with Crippen LogP contribution in [0.2, 0.25) is 0 Å². The Morgan fingerprint density at radius 3 is 2.65 bits per heavy atom. The molecule has 3 rings (SSSR count). The van der Waals surface area contributed by atoms with Crippen molar-refractivity contribution in [1.82, 2.24) is 10.6 Å². The van der Waals surface area contributed by atoms with Gasteiger partial charge in [0.05, 0.1) is 17.6 Å². The maximum Gasteiger partial charge on any atom is 0.253 e. The summed E-state index contributed by atoms with van der Waals surface area (Å²) in [5.74, 6) is -0.555. The van der Waals surface area contributed by atoms with Gasteiger partial charge in [-0.25, -0.2) is 0 Å². The molecule has 5 heteroatoms. The predicted molar refractivity (Wildman–Crippen MR) is 73.8 cm³/mol. The van der Waals surface area contributed by atoms with Gasteiger partial charge in [-0.1, -0.05) is 19.9 Å². The third kappa shape index (κ3) is 1.63. The quantitative estimate of drug-likeness (QED) is 0.731. The van der Waals surface area contributed by atoms with Gasteiger partial charge in [0.15, 0.2) is 0 Å². The first-order valence-electron chi connectivity index (χ1n) is 7.38. The van der Waals surface area contributed by atoms with E-state index < -0.39 is 0 Å². The van der Waals surface area contributed by atoms with Crippen LogP contribution in [0.25, 0.3) is 0 Å². The minimum absolute atomic E-state index is 0.165. The van der Waals surface area contributed by atoms with Gasteiger partial charge in [-0.05, 0) is 20.3 Å². The third-order valence-electron chi connectivity index (χ3n) is 5.43. The Morgan fingerprint density at radius 1 is 1.35 bits per heavy atom. The van der Waals surface area contributed by atoms with Gasteiger partial charge in [-0.2, -0.15) is 0 Å². The molecule has 20 heavy (non-hydrogen) atoms. The molecule has 0 aromatic carbocycles. The van der Waals surface area contributed by atoms with Crippen LogP contribution in [0.5, 0.6) is 0 Å². The Kier molecular flexibility index (Phi) is 3.03. The van der Waals surface area contributed by atoms with Crippen molar-refractivity contribution in [3.63, 3.8) is 0 Å². The average molecular weight is 278 g/mol. The lowest BCUT2D eigenvalue weighted by atomic mass is 9.82. The molecule has 0 aliphatic carbocycles. The van der Waals surface area contributed by atoms with E-state index in [0.717, 1.165) is 6.42 Å². The number of imide groups is 1.